The molecule has 0 amide bonds. The minimum atomic E-state index is 0.347. The van der Waals surface area contributed by atoms with Crippen LogP contribution < -0.4 is 5.73 Å². The van der Waals surface area contributed by atoms with Crippen LogP contribution in [-0.4, -0.2) is 33.4 Å². The summed E-state index contributed by atoms with van der Waals surface area (Å²) in [5.41, 5.74) is 7.01. The van der Waals surface area contributed by atoms with E-state index in [2.05, 4.69) is 15.5 Å². The van der Waals surface area contributed by atoms with Gasteiger partial charge in [-0.15, -0.1) is 5.10 Å². The van der Waals surface area contributed by atoms with Crippen molar-refractivity contribution in [3.05, 3.63) is 22.2 Å². The largest absolute Gasteiger partial charge is 0.397 e. The van der Waals surface area contributed by atoms with E-state index in [0.29, 0.717) is 34.0 Å². The van der Waals surface area contributed by atoms with Gasteiger partial charge in [0.1, 0.15) is 0 Å². The average molecular weight is 328 g/mol. The predicted molar refractivity (Wildman–Crippen MR) is 81.2 cm³/mol. The molecule has 1 atom stereocenters. The van der Waals surface area contributed by atoms with Gasteiger partial charge in [0, 0.05) is 18.1 Å². The van der Waals surface area contributed by atoms with Gasteiger partial charge in [0.15, 0.2) is 5.82 Å². The molecule has 0 saturated carbocycles. The van der Waals surface area contributed by atoms with Gasteiger partial charge in [0.05, 0.1) is 28.9 Å². The first kappa shape index (κ1) is 14.6. The molecular formula is C13H15Cl2N5O. The Morgan fingerprint density at radius 1 is 1.38 bits per heavy atom. The molecule has 21 heavy (non-hydrogen) atoms. The Labute approximate surface area is 132 Å². The predicted octanol–water partition coefficient (Wildman–Crippen LogP) is 2.66. The van der Waals surface area contributed by atoms with Gasteiger partial charge < -0.3 is 10.5 Å². The Bertz CT molecular complexity index is 616. The van der Waals surface area contributed by atoms with Crippen molar-refractivity contribution in [1.29, 1.82) is 0 Å². The van der Waals surface area contributed by atoms with Gasteiger partial charge in [0.25, 0.3) is 0 Å². The third kappa shape index (κ3) is 3.12. The highest BCUT2D eigenvalue weighted by atomic mass is 35.5. The number of anilines is 1. The molecule has 3 rings (SSSR count). The molecule has 1 aromatic heterocycles. The number of halogens is 2. The maximum atomic E-state index is 6.07. The van der Waals surface area contributed by atoms with Crippen LogP contribution in [-0.2, 0) is 11.3 Å². The van der Waals surface area contributed by atoms with E-state index in [1.807, 2.05) is 0 Å². The summed E-state index contributed by atoms with van der Waals surface area (Å²) in [6, 6.07) is 3.45. The van der Waals surface area contributed by atoms with Crippen LogP contribution in [0.25, 0.3) is 11.4 Å². The summed E-state index contributed by atoms with van der Waals surface area (Å²) in [5, 5.41) is 12.6. The fourth-order valence-corrected chi connectivity index (χ4v) is 2.81. The van der Waals surface area contributed by atoms with Crippen molar-refractivity contribution < 1.29 is 4.74 Å². The van der Waals surface area contributed by atoms with Crippen LogP contribution in [0, 0.1) is 5.92 Å². The van der Waals surface area contributed by atoms with Gasteiger partial charge in [-0.1, -0.05) is 23.2 Å². The Morgan fingerprint density at radius 2 is 2.24 bits per heavy atom. The van der Waals surface area contributed by atoms with Gasteiger partial charge in [-0.3, -0.25) is 0 Å². The van der Waals surface area contributed by atoms with Gasteiger partial charge in [-0.25, -0.2) is 4.68 Å². The maximum absolute atomic E-state index is 6.07. The Balaban J connectivity index is 1.88. The van der Waals surface area contributed by atoms with E-state index >= 15 is 0 Å². The lowest BCUT2D eigenvalue weighted by molar-refractivity contribution is 0.0470. The summed E-state index contributed by atoms with van der Waals surface area (Å²) in [5.74, 6) is 1.05. The van der Waals surface area contributed by atoms with Gasteiger partial charge in [0.2, 0.25) is 0 Å². The van der Waals surface area contributed by atoms with Crippen molar-refractivity contribution in [1.82, 2.24) is 20.2 Å². The number of nitrogens with zero attached hydrogens (tertiary/aromatic N) is 4. The summed E-state index contributed by atoms with van der Waals surface area (Å²) < 4.78 is 7.25. The second kappa shape index (κ2) is 6.17. The standard InChI is InChI=1S/C13H15Cl2N5O/c14-10-4-9(5-11(16)12(10)15)13-17-18-19-20(13)6-8-2-1-3-21-7-8/h4-5,8H,1-3,6-7,16H2. The molecule has 0 radical (unpaired) electrons. The van der Waals surface area contributed by atoms with E-state index in [1.165, 1.54) is 0 Å². The summed E-state index contributed by atoms with van der Waals surface area (Å²) in [4.78, 5) is 0. The molecular weight excluding hydrogens is 313 g/mol. The molecule has 1 aliphatic rings. The first-order chi connectivity index (χ1) is 10.1. The molecule has 112 valence electrons. The first-order valence-corrected chi connectivity index (χ1v) is 7.49. The number of ether oxygens (including phenoxy) is 1. The van der Waals surface area contributed by atoms with Gasteiger partial charge >= 0.3 is 0 Å². The quantitative estimate of drug-likeness (QED) is 0.876. The van der Waals surface area contributed by atoms with Crippen LogP contribution in [0.15, 0.2) is 12.1 Å². The molecule has 1 fully saturated rings. The molecule has 8 heteroatoms. The van der Waals surface area contributed by atoms with Crippen LogP contribution >= 0.6 is 23.2 Å². The molecule has 0 bridgehead atoms. The highest BCUT2D eigenvalue weighted by molar-refractivity contribution is 6.43. The molecule has 1 aromatic carbocycles. The second-order valence-electron chi connectivity index (χ2n) is 5.13. The van der Waals surface area contributed by atoms with Crippen LogP contribution in [0.4, 0.5) is 5.69 Å². The zero-order valence-corrected chi connectivity index (χ0v) is 12.8. The van der Waals surface area contributed by atoms with Crippen molar-refractivity contribution in [2.24, 2.45) is 5.92 Å². The maximum Gasteiger partial charge on any atom is 0.182 e. The van der Waals surface area contributed by atoms with Gasteiger partial charge in [-0.2, -0.15) is 0 Å². The van der Waals surface area contributed by atoms with Crippen LogP contribution in [0.3, 0.4) is 0 Å². The van der Waals surface area contributed by atoms with E-state index in [-0.39, 0.29) is 0 Å². The lowest BCUT2D eigenvalue weighted by Gasteiger charge is -2.22. The highest BCUT2D eigenvalue weighted by Crippen LogP contribution is 2.33. The number of aromatic nitrogens is 4. The van der Waals surface area contributed by atoms with E-state index in [0.717, 1.165) is 31.6 Å². The number of nitrogens with two attached hydrogens (primary N) is 1. The molecule has 6 nitrogen and oxygen atoms in total. The summed E-state index contributed by atoms with van der Waals surface area (Å²) in [6.45, 7) is 2.29. The number of benzene rings is 1. The van der Waals surface area contributed by atoms with Crippen LogP contribution in [0.2, 0.25) is 10.0 Å². The lowest BCUT2D eigenvalue weighted by atomic mass is 10.0. The highest BCUT2D eigenvalue weighted by Gasteiger charge is 2.19. The Kier molecular flexibility index (Phi) is 4.28. The number of nitrogen functional groups attached to an aromatic ring is 1. The average Bonchev–Trinajstić information content (AvgIpc) is 2.93. The SMILES string of the molecule is Nc1cc(-c2nnnn2CC2CCCOC2)cc(Cl)c1Cl. The molecule has 1 aliphatic heterocycles. The van der Waals surface area contributed by atoms with Crippen molar-refractivity contribution in [3.8, 4) is 11.4 Å². The number of hydrogen-bond acceptors (Lipinski definition) is 5. The second-order valence-corrected chi connectivity index (χ2v) is 5.91. The summed E-state index contributed by atoms with van der Waals surface area (Å²) in [6.07, 6.45) is 2.19. The fraction of sp³-hybridized carbons (Fsp3) is 0.462. The smallest absolute Gasteiger partial charge is 0.182 e. The number of hydrogen-bond donors (Lipinski definition) is 1. The molecule has 2 aromatic rings. The summed E-state index contributed by atoms with van der Waals surface area (Å²) in [7, 11) is 0. The van der Waals surface area contributed by atoms with E-state index in [1.54, 1.807) is 16.8 Å². The Morgan fingerprint density at radius 3 is 2.95 bits per heavy atom. The lowest BCUT2D eigenvalue weighted by Crippen LogP contribution is -2.23. The minimum absolute atomic E-state index is 0.347. The van der Waals surface area contributed by atoms with Crippen molar-refractivity contribution in [2.45, 2.75) is 19.4 Å². The molecule has 2 heterocycles. The number of tetrazole rings is 1. The topological polar surface area (TPSA) is 78.9 Å². The van der Waals surface area contributed by atoms with E-state index in [9.17, 15) is 0 Å². The first-order valence-electron chi connectivity index (χ1n) is 6.74. The third-order valence-electron chi connectivity index (χ3n) is 3.53. The van der Waals surface area contributed by atoms with Crippen molar-refractivity contribution in [2.75, 3.05) is 18.9 Å². The molecule has 2 N–H and O–H groups in total. The van der Waals surface area contributed by atoms with Crippen molar-refractivity contribution >= 4 is 28.9 Å². The zero-order chi connectivity index (χ0) is 14.8. The fourth-order valence-electron chi connectivity index (χ4n) is 2.47. The van der Waals surface area contributed by atoms with Crippen LogP contribution in [0.5, 0.6) is 0 Å². The monoisotopic (exact) mass is 327 g/mol. The van der Waals surface area contributed by atoms with Crippen LogP contribution in [0.1, 0.15) is 12.8 Å². The van der Waals surface area contributed by atoms with Crippen molar-refractivity contribution in [3.63, 3.8) is 0 Å². The van der Waals surface area contributed by atoms with E-state index < -0.39 is 0 Å². The Hall–Kier alpha value is -1.37. The number of rotatable bonds is 3. The molecule has 0 spiro atoms. The zero-order valence-electron chi connectivity index (χ0n) is 11.3. The molecule has 1 unspecified atom stereocenters. The third-order valence-corrected chi connectivity index (χ3v) is 4.35. The van der Waals surface area contributed by atoms with Gasteiger partial charge in [-0.05, 0) is 35.4 Å². The normalized spacial score (nSPS) is 18.9. The minimum Gasteiger partial charge on any atom is -0.397 e. The molecule has 0 aliphatic carbocycles. The molecule has 1 saturated heterocycles. The van der Waals surface area contributed by atoms with E-state index in [4.69, 9.17) is 33.7 Å². The summed E-state index contributed by atoms with van der Waals surface area (Å²) >= 11 is 12.0.